The molecule has 0 spiro atoms. The molecule has 1 atom stereocenters. The Bertz CT molecular complexity index is 565. The number of carbonyl (C=O) groups is 3. The zero-order valence-corrected chi connectivity index (χ0v) is 12.7. The number of hydrogen-bond acceptors (Lipinski definition) is 3. The minimum absolute atomic E-state index is 0.0554. The summed E-state index contributed by atoms with van der Waals surface area (Å²) in [7, 11) is 0. The van der Waals surface area contributed by atoms with Gasteiger partial charge >= 0.3 is 5.97 Å². The molecular weight excluding hydrogens is 282 g/mol. The number of carbonyl (C=O) groups excluding carboxylic acids is 2. The van der Waals surface area contributed by atoms with Crippen LogP contribution in [0.25, 0.3) is 0 Å². The number of likely N-dealkylation sites (tertiary alicyclic amines) is 1. The fourth-order valence-electron chi connectivity index (χ4n) is 2.67. The third kappa shape index (κ3) is 4.16. The highest BCUT2D eigenvalue weighted by molar-refractivity contribution is 5.98. The predicted molar refractivity (Wildman–Crippen MR) is 81.7 cm³/mol. The lowest BCUT2D eigenvalue weighted by molar-refractivity contribution is -0.145. The monoisotopic (exact) mass is 303 g/mol. The zero-order chi connectivity index (χ0) is 16.1. The molecule has 1 amide bonds. The average molecular weight is 303 g/mol. The first-order chi connectivity index (χ1) is 10.5. The molecule has 1 saturated heterocycles. The Morgan fingerprint density at radius 3 is 2.50 bits per heavy atom. The zero-order valence-electron chi connectivity index (χ0n) is 12.7. The van der Waals surface area contributed by atoms with Crippen LogP contribution in [-0.2, 0) is 9.59 Å². The van der Waals surface area contributed by atoms with E-state index < -0.39 is 11.9 Å². The van der Waals surface area contributed by atoms with Crippen molar-refractivity contribution in [2.24, 2.45) is 5.92 Å². The molecule has 0 radical (unpaired) electrons. The molecule has 1 aromatic carbocycles. The topological polar surface area (TPSA) is 74.7 Å². The number of aliphatic carboxylic acids is 1. The lowest BCUT2D eigenvalue weighted by atomic mass is 9.97. The van der Waals surface area contributed by atoms with Crippen molar-refractivity contribution in [3.05, 3.63) is 35.4 Å². The standard InChI is InChI=1S/C17H21NO4/c1-12-4-6-13(7-5-12)15(19)8-9-16(20)18-10-2-3-14(11-18)17(21)22/h4-7,14H,2-3,8-11H2,1H3,(H,21,22)/t14-/m0/s1. The third-order valence-corrected chi connectivity index (χ3v) is 4.06. The van der Waals surface area contributed by atoms with Gasteiger partial charge in [-0.05, 0) is 19.8 Å². The van der Waals surface area contributed by atoms with Gasteiger partial charge in [-0.3, -0.25) is 14.4 Å². The third-order valence-electron chi connectivity index (χ3n) is 4.06. The maximum absolute atomic E-state index is 12.1. The van der Waals surface area contributed by atoms with Gasteiger partial charge in [0.25, 0.3) is 0 Å². The first-order valence-corrected chi connectivity index (χ1v) is 7.58. The van der Waals surface area contributed by atoms with Crippen molar-refractivity contribution >= 4 is 17.7 Å². The molecule has 1 N–H and O–H groups in total. The van der Waals surface area contributed by atoms with E-state index >= 15 is 0 Å². The number of ketones is 1. The molecule has 1 aliphatic heterocycles. The van der Waals surface area contributed by atoms with Crippen LogP contribution in [0.5, 0.6) is 0 Å². The molecule has 1 aliphatic rings. The number of rotatable bonds is 5. The van der Waals surface area contributed by atoms with Crippen LogP contribution in [0.15, 0.2) is 24.3 Å². The second-order valence-corrected chi connectivity index (χ2v) is 5.81. The lowest BCUT2D eigenvalue weighted by Crippen LogP contribution is -2.42. The van der Waals surface area contributed by atoms with Crippen LogP contribution in [0.2, 0.25) is 0 Å². The van der Waals surface area contributed by atoms with Crippen LogP contribution in [0.4, 0.5) is 0 Å². The highest BCUT2D eigenvalue weighted by Gasteiger charge is 2.28. The quantitative estimate of drug-likeness (QED) is 0.847. The number of Topliss-reactive ketones (excluding diaryl/α,β-unsaturated/α-hetero) is 1. The molecule has 5 nitrogen and oxygen atoms in total. The number of carboxylic acid groups (broad SMARTS) is 1. The Hall–Kier alpha value is -2.17. The summed E-state index contributed by atoms with van der Waals surface area (Å²) in [6.07, 6.45) is 1.62. The highest BCUT2D eigenvalue weighted by atomic mass is 16.4. The van der Waals surface area contributed by atoms with E-state index in [1.54, 1.807) is 17.0 Å². The summed E-state index contributed by atoms with van der Waals surface area (Å²) in [5.74, 6) is -1.52. The summed E-state index contributed by atoms with van der Waals surface area (Å²) in [6, 6.07) is 7.28. The van der Waals surface area contributed by atoms with Crippen LogP contribution >= 0.6 is 0 Å². The normalized spacial score (nSPS) is 18.0. The van der Waals surface area contributed by atoms with Gasteiger partial charge in [-0.15, -0.1) is 0 Å². The summed E-state index contributed by atoms with van der Waals surface area (Å²) in [5, 5.41) is 9.03. The molecule has 0 unspecified atom stereocenters. The highest BCUT2D eigenvalue weighted by Crippen LogP contribution is 2.18. The van der Waals surface area contributed by atoms with E-state index in [-0.39, 0.29) is 31.1 Å². The van der Waals surface area contributed by atoms with Crippen LogP contribution in [0, 0.1) is 12.8 Å². The van der Waals surface area contributed by atoms with Crippen molar-refractivity contribution < 1.29 is 19.5 Å². The Morgan fingerprint density at radius 1 is 1.18 bits per heavy atom. The fraction of sp³-hybridized carbons (Fsp3) is 0.471. The SMILES string of the molecule is Cc1ccc(C(=O)CCC(=O)N2CCC[C@H](C(=O)O)C2)cc1. The van der Waals surface area contributed by atoms with Crippen molar-refractivity contribution in [2.75, 3.05) is 13.1 Å². The molecule has 0 bridgehead atoms. The molecule has 1 fully saturated rings. The Kier molecular flexibility index (Phi) is 5.31. The molecule has 22 heavy (non-hydrogen) atoms. The molecule has 118 valence electrons. The molecule has 0 saturated carbocycles. The summed E-state index contributed by atoms with van der Waals surface area (Å²) < 4.78 is 0. The number of aryl methyl sites for hydroxylation is 1. The summed E-state index contributed by atoms with van der Waals surface area (Å²) >= 11 is 0. The van der Waals surface area contributed by atoms with Gasteiger partial charge in [0.15, 0.2) is 5.78 Å². The molecule has 5 heteroatoms. The maximum atomic E-state index is 12.1. The molecule has 1 aromatic rings. The van der Waals surface area contributed by atoms with Crippen molar-refractivity contribution in [2.45, 2.75) is 32.6 Å². The van der Waals surface area contributed by atoms with E-state index in [2.05, 4.69) is 0 Å². The molecule has 0 aliphatic carbocycles. The van der Waals surface area contributed by atoms with E-state index in [0.717, 1.165) is 5.56 Å². The van der Waals surface area contributed by atoms with E-state index in [4.69, 9.17) is 5.11 Å². The largest absolute Gasteiger partial charge is 0.481 e. The van der Waals surface area contributed by atoms with E-state index in [0.29, 0.717) is 24.9 Å². The van der Waals surface area contributed by atoms with Gasteiger partial charge in [-0.1, -0.05) is 29.8 Å². The molecular formula is C17H21NO4. The minimum Gasteiger partial charge on any atom is -0.481 e. The number of benzene rings is 1. The smallest absolute Gasteiger partial charge is 0.308 e. The van der Waals surface area contributed by atoms with Gasteiger partial charge < -0.3 is 10.0 Å². The fourth-order valence-corrected chi connectivity index (χ4v) is 2.67. The van der Waals surface area contributed by atoms with Gasteiger partial charge in [0.1, 0.15) is 0 Å². The van der Waals surface area contributed by atoms with Gasteiger partial charge in [-0.2, -0.15) is 0 Å². The van der Waals surface area contributed by atoms with Crippen LogP contribution in [0.1, 0.15) is 41.6 Å². The average Bonchev–Trinajstić information content (AvgIpc) is 2.53. The number of hydrogen-bond donors (Lipinski definition) is 1. The Labute approximate surface area is 129 Å². The summed E-state index contributed by atoms with van der Waals surface area (Å²) in [6.45, 7) is 2.79. The second kappa shape index (κ2) is 7.20. The Balaban J connectivity index is 1.85. The van der Waals surface area contributed by atoms with E-state index in [1.165, 1.54) is 0 Å². The Morgan fingerprint density at radius 2 is 1.86 bits per heavy atom. The number of nitrogens with zero attached hydrogens (tertiary/aromatic N) is 1. The van der Waals surface area contributed by atoms with Crippen molar-refractivity contribution in [3.8, 4) is 0 Å². The van der Waals surface area contributed by atoms with Gasteiger partial charge in [0.2, 0.25) is 5.91 Å². The van der Waals surface area contributed by atoms with Crippen LogP contribution in [-0.4, -0.2) is 40.8 Å². The number of carboxylic acids is 1. The molecule has 0 aromatic heterocycles. The maximum Gasteiger partial charge on any atom is 0.308 e. The number of amides is 1. The number of piperidine rings is 1. The molecule has 1 heterocycles. The van der Waals surface area contributed by atoms with Crippen molar-refractivity contribution in [3.63, 3.8) is 0 Å². The van der Waals surface area contributed by atoms with E-state index in [9.17, 15) is 14.4 Å². The first kappa shape index (κ1) is 16.2. The van der Waals surface area contributed by atoms with Crippen molar-refractivity contribution in [1.29, 1.82) is 0 Å². The van der Waals surface area contributed by atoms with E-state index in [1.807, 2.05) is 19.1 Å². The molecule has 2 rings (SSSR count). The minimum atomic E-state index is -0.853. The van der Waals surface area contributed by atoms with Crippen molar-refractivity contribution in [1.82, 2.24) is 4.90 Å². The van der Waals surface area contributed by atoms with Gasteiger partial charge in [-0.25, -0.2) is 0 Å². The summed E-state index contributed by atoms with van der Waals surface area (Å²) in [5.41, 5.74) is 1.70. The van der Waals surface area contributed by atoms with Crippen LogP contribution < -0.4 is 0 Å². The van der Waals surface area contributed by atoms with Crippen LogP contribution in [0.3, 0.4) is 0 Å². The lowest BCUT2D eigenvalue weighted by Gasteiger charge is -2.30. The predicted octanol–water partition coefficient (Wildman–Crippen LogP) is 2.28. The first-order valence-electron chi connectivity index (χ1n) is 7.58. The van der Waals surface area contributed by atoms with Gasteiger partial charge in [0, 0.05) is 31.5 Å². The summed E-state index contributed by atoms with van der Waals surface area (Å²) in [4.78, 5) is 36.8. The second-order valence-electron chi connectivity index (χ2n) is 5.81. The van der Waals surface area contributed by atoms with Gasteiger partial charge in [0.05, 0.1) is 5.92 Å².